The number of hydrogen-bond acceptors (Lipinski definition) is 5. The van der Waals surface area contributed by atoms with Gasteiger partial charge in [-0.05, 0) is 24.6 Å². The minimum Gasteiger partial charge on any atom is -0.497 e. The Morgan fingerprint density at radius 1 is 1.22 bits per heavy atom. The fraction of sp³-hybridized carbons (Fsp3) is 0.294. The van der Waals surface area contributed by atoms with Gasteiger partial charge in [-0.25, -0.2) is 9.97 Å². The maximum Gasteiger partial charge on any atom is 0.451 e. The molecule has 0 aliphatic rings. The van der Waals surface area contributed by atoms with E-state index in [1.165, 1.54) is 14.0 Å². The van der Waals surface area contributed by atoms with Crippen LogP contribution in [0.4, 0.5) is 13.2 Å². The molecule has 1 amide bonds. The molecule has 0 fully saturated rings. The Bertz CT molecular complexity index is 840. The highest BCUT2D eigenvalue weighted by molar-refractivity contribution is 5.94. The second kappa shape index (κ2) is 7.60. The molecule has 0 aliphatic carbocycles. The lowest BCUT2D eigenvalue weighted by Gasteiger charge is -2.30. The summed E-state index contributed by atoms with van der Waals surface area (Å²) in [4.78, 5) is 30.0. The molecule has 7 nitrogen and oxygen atoms in total. The number of ether oxygens (including phenoxy) is 1. The van der Waals surface area contributed by atoms with Crippen molar-refractivity contribution >= 4 is 11.9 Å². The molecule has 144 valence electrons. The molecule has 1 aromatic carbocycles. The minimum absolute atomic E-state index is 0.234. The van der Waals surface area contributed by atoms with Crippen molar-refractivity contribution in [3.05, 3.63) is 53.6 Å². The van der Waals surface area contributed by atoms with Crippen molar-refractivity contribution in [3.8, 4) is 5.75 Å². The van der Waals surface area contributed by atoms with Crippen molar-refractivity contribution in [2.45, 2.75) is 25.1 Å². The maximum absolute atomic E-state index is 12.5. The summed E-state index contributed by atoms with van der Waals surface area (Å²) >= 11 is 0. The summed E-state index contributed by atoms with van der Waals surface area (Å²) in [6.45, 7) is 1.48. The highest BCUT2D eigenvalue weighted by Gasteiger charge is 2.35. The van der Waals surface area contributed by atoms with Gasteiger partial charge in [0.25, 0.3) is 5.91 Å². The van der Waals surface area contributed by atoms with Crippen LogP contribution in [-0.4, -0.2) is 34.1 Å². The SMILES string of the molecule is COc1cccc(C(C)(CC(=O)O)NC(=O)c2cnc(C(F)(F)F)nc2)c1. The molecule has 0 bridgehead atoms. The topological polar surface area (TPSA) is 101 Å². The molecule has 10 heteroatoms. The fourth-order valence-corrected chi connectivity index (χ4v) is 2.40. The van der Waals surface area contributed by atoms with Gasteiger partial charge in [-0.15, -0.1) is 0 Å². The summed E-state index contributed by atoms with van der Waals surface area (Å²) in [5.74, 6) is -2.91. The molecular formula is C17H16F3N3O4. The molecule has 1 unspecified atom stereocenters. The van der Waals surface area contributed by atoms with Crippen LogP contribution in [0.5, 0.6) is 5.75 Å². The number of carboxylic acids is 1. The number of aromatic nitrogens is 2. The van der Waals surface area contributed by atoms with E-state index in [1.807, 2.05) is 0 Å². The number of methoxy groups -OCH3 is 1. The first kappa shape index (κ1) is 20.1. The third kappa shape index (κ3) is 4.93. The van der Waals surface area contributed by atoms with E-state index in [0.717, 1.165) is 12.4 Å². The van der Waals surface area contributed by atoms with E-state index in [0.29, 0.717) is 11.3 Å². The number of alkyl halides is 3. The summed E-state index contributed by atoms with van der Waals surface area (Å²) in [6, 6.07) is 6.44. The molecular weight excluding hydrogens is 367 g/mol. The van der Waals surface area contributed by atoms with Crippen LogP contribution in [0.2, 0.25) is 0 Å². The molecule has 0 spiro atoms. The molecule has 2 rings (SSSR count). The first-order valence-corrected chi connectivity index (χ1v) is 7.63. The van der Waals surface area contributed by atoms with Crippen molar-refractivity contribution in [2.75, 3.05) is 7.11 Å². The van der Waals surface area contributed by atoms with Crippen LogP contribution >= 0.6 is 0 Å². The van der Waals surface area contributed by atoms with Gasteiger partial charge in [-0.1, -0.05) is 12.1 Å². The Balaban J connectivity index is 2.32. The number of carbonyl (C=O) groups is 2. The van der Waals surface area contributed by atoms with Gasteiger partial charge in [0.15, 0.2) is 0 Å². The van der Waals surface area contributed by atoms with Crippen LogP contribution in [0.1, 0.15) is 35.1 Å². The molecule has 1 aromatic heterocycles. The van der Waals surface area contributed by atoms with Crippen molar-refractivity contribution in [3.63, 3.8) is 0 Å². The van der Waals surface area contributed by atoms with Gasteiger partial charge in [0, 0.05) is 12.4 Å². The number of carboxylic acid groups (broad SMARTS) is 1. The zero-order valence-corrected chi connectivity index (χ0v) is 14.4. The average Bonchev–Trinajstić information content (AvgIpc) is 2.60. The van der Waals surface area contributed by atoms with Gasteiger partial charge in [0.05, 0.1) is 24.6 Å². The largest absolute Gasteiger partial charge is 0.497 e. The molecule has 0 saturated carbocycles. The second-order valence-corrected chi connectivity index (χ2v) is 5.88. The summed E-state index contributed by atoms with van der Waals surface area (Å²) in [5.41, 5.74) is -1.13. The van der Waals surface area contributed by atoms with Crippen LogP contribution in [0.25, 0.3) is 0 Å². The van der Waals surface area contributed by atoms with E-state index in [9.17, 15) is 27.9 Å². The van der Waals surface area contributed by atoms with Gasteiger partial charge in [0.1, 0.15) is 5.75 Å². The molecule has 2 aromatic rings. The predicted molar refractivity (Wildman–Crippen MR) is 87.1 cm³/mol. The number of rotatable bonds is 6. The number of halogens is 3. The molecule has 0 saturated heterocycles. The van der Waals surface area contributed by atoms with E-state index < -0.39 is 35.8 Å². The van der Waals surface area contributed by atoms with Gasteiger partial charge in [0.2, 0.25) is 5.82 Å². The number of nitrogens with zero attached hydrogens (tertiary/aromatic N) is 2. The highest BCUT2D eigenvalue weighted by atomic mass is 19.4. The molecule has 2 N–H and O–H groups in total. The number of hydrogen-bond donors (Lipinski definition) is 2. The molecule has 27 heavy (non-hydrogen) atoms. The number of nitrogens with one attached hydrogen (secondary N) is 1. The highest BCUT2D eigenvalue weighted by Crippen LogP contribution is 2.29. The third-order valence-corrected chi connectivity index (χ3v) is 3.77. The summed E-state index contributed by atoms with van der Waals surface area (Å²) in [6.07, 6.45) is -3.73. The monoisotopic (exact) mass is 383 g/mol. The number of carbonyl (C=O) groups excluding carboxylic acids is 1. The Morgan fingerprint density at radius 3 is 2.37 bits per heavy atom. The molecule has 1 atom stereocenters. The second-order valence-electron chi connectivity index (χ2n) is 5.88. The lowest BCUT2D eigenvalue weighted by molar-refractivity contribution is -0.145. The van der Waals surface area contributed by atoms with Crippen LogP contribution in [0.3, 0.4) is 0 Å². The minimum atomic E-state index is -4.73. The van der Waals surface area contributed by atoms with Crippen molar-refractivity contribution in [2.24, 2.45) is 0 Å². The number of aliphatic carboxylic acids is 1. The number of amides is 1. The van der Waals surface area contributed by atoms with E-state index >= 15 is 0 Å². The van der Waals surface area contributed by atoms with E-state index in [4.69, 9.17) is 4.74 Å². The van der Waals surface area contributed by atoms with Gasteiger partial charge in [-0.3, -0.25) is 9.59 Å². The molecule has 0 radical (unpaired) electrons. The van der Waals surface area contributed by atoms with Crippen molar-refractivity contribution in [1.82, 2.24) is 15.3 Å². The van der Waals surface area contributed by atoms with Crippen LogP contribution < -0.4 is 10.1 Å². The van der Waals surface area contributed by atoms with Crippen LogP contribution in [0, 0.1) is 0 Å². The smallest absolute Gasteiger partial charge is 0.451 e. The Kier molecular flexibility index (Phi) is 5.67. The lowest BCUT2D eigenvalue weighted by Crippen LogP contribution is -2.45. The first-order valence-electron chi connectivity index (χ1n) is 7.63. The zero-order valence-electron chi connectivity index (χ0n) is 14.4. The Hall–Kier alpha value is -3.17. The summed E-state index contributed by atoms with van der Waals surface area (Å²) in [7, 11) is 1.44. The Labute approximate surface area is 152 Å². The fourth-order valence-electron chi connectivity index (χ4n) is 2.40. The Morgan fingerprint density at radius 2 is 1.85 bits per heavy atom. The van der Waals surface area contributed by atoms with E-state index in [1.54, 1.807) is 24.3 Å². The van der Waals surface area contributed by atoms with Crippen LogP contribution in [-0.2, 0) is 16.5 Å². The lowest BCUT2D eigenvalue weighted by atomic mass is 9.88. The standard InChI is InChI=1S/C17H16F3N3O4/c1-16(7-13(24)25,11-4-3-5-12(6-11)27-2)23-14(26)10-8-21-15(22-9-10)17(18,19)20/h3-6,8-9H,7H2,1-2H3,(H,23,26)(H,24,25). The number of benzene rings is 1. The quantitative estimate of drug-likeness (QED) is 0.795. The van der Waals surface area contributed by atoms with Gasteiger partial charge < -0.3 is 15.2 Å². The zero-order chi connectivity index (χ0) is 20.2. The van der Waals surface area contributed by atoms with E-state index in [-0.39, 0.29) is 5.56 Å². The average molecular weight is 383 g/mol. The normalized spacial score (nSPS) is 13.5. The summed E-state index contributed by atoms with van der Waals surface area (Å²) < 4.78 is 42.7. The van der Waals surface area contributed by atoms with Gasteiger partial charge >= 0.3 is 12.1 Å². The molecule has 0 aliphatic heterocycles. The van der Waals surface area contributed by atoms with Crippen molar-refractivity contribution < 1.29 is 32.6 Å². The predicted octanol–water partition coefficient (Wildman–Crippen LogP) is 2.62. The maximum atomic E-state index is 12.5. The first-order chi connectivity index (χ1) is 12.5. The molecule has 1 heterocycles. The van der Waals surface area contributed by atoms with Crippen molar-refractivity contribution in [1.29, 1.82) is 0 Å². The third-order valence-electron chi connectivity index (χ3n) is 3.77. The summed E-state index contributed by atoms with van der Waals surface area (Å²) in [5, 5.41) is 11.7. The van der Waals surface area contributed by atoms with Gasteiger partial charge in [-0.2, -0.15) is 13.2 Å². The van der Waals surface area contributed by atoms with Crippen LogP contribution in [0.15, 0.2) is 36.7 Å². The van der Waals surface area contributed by atoms with E-state index in [2.05, 4.69) is 15.3 Å².